The third-order valence-electron chi connectivity index (χ3n) is 4.27. The van der Waals surface area contributed by atoms with Crippen LogP contribution >= 0.6 is 0 Å². The lowest BCUT2D eigenvalue weighted by Gasteiger charge is -2.31. The van der Waals surface area contributed by atoms with E-state index in [1.54, 1.807) is 0 Å². The Labute approximate surface area is 118 Å². The second-order valence-corrected chi connectivity index (χ2v) is 5.81. The maximum atomic E-state index is 12.1. The average Bonchev–Trinajstić information content (AvgIpc) is 2.84. The maximum Gasteiger partial charge on any atom is 0.234 e. The fraction of sp³-hybridized carbons (Fsp3) is 0.933. The van der Waals surface area contributed by atoms with Gasteiger partial charge in [-0.05, 0) is 45.2 Å². The van der Waals surface area contributed by atoms with Gasteiger partial charge in [-0.1, -0.05) is 26.7 Å². The van der Waals surface area contributed by atoms with Gasteiger partial charge in [-0.25, -0.2) is 0 Å². The zero-order valence-electron chi connectivity index (χ0n) is 12.8. The molecule has 3 N–H and O–H groups in total. The molecule has 4 heteroatoms. The van der Waals surface area contributed by atoms with E-state index in [9.17, 15) is 4.79 Å². The maximum absolute atomic E-state index is 12.1. The van der Waals surface area contributed by atoms with E-state index in [2.05, 4.69) is 31.0 Å². The number of amides is 1. The molecule has 0 bridgehead atoms. The van der Waals surface area contributed by atoms with Crippen molar-refractivity contribution in [2.45, 2.75) is 65.0 Å². The predicted molar refractivity (Wildman–Crippen MR) is 79.9 cm³/mol. The number of likely N-dealkylation sites (N-methyl/N-ethyl adjacent to an activating group) is 1. The molecule has 0 spiro atoms. The number of rotatable bonds is 8. The molecule has 3 unspecified atom stereocenters. The van der Waals surface area contributed by atoms with Crippen LogP contribution in [-0.4, -0.2) is 42.5 Å². The summed E-state index contributed by atoms with van der Waals surface area (Å²) < 4.78 is 0. The van der Waals surface area contributed by atoms with Crippen molar-refractivity contribution in [3.63, 3.8) is 0 Å². The van der Waals surface area contributed by atoms with Gasteiger partial charge >= 0.3 is 0 Å². The van der Waals surface area contributed by atoms with Crippen LogP contribution in [0.2, 0.25) is 0 Å². The Balaban J connectivity index is 2.45. The molecule has 1 fully saturated rings. The van der Waals surface area contributed by atoms with E-state index in [-0.39, 0.29) is 11.9 Å². The zero-order chi connectivity index (χ0) is 14.3. The topological polar surface area (TPSA) is 58.4 Å². The smallest absolute Gasteiger partial charge is 0.234 e. The van der Waals surface area contributed by atoms with E-state index in [0.717, 1.165) is 25.9 Å². The monoisotopic (exact) mass is 269 g/mol. The highest BCUT2D eigenvalue weighted by molar-refractivity contribution is 5.78. The number of carbonyl (C=O) groups is 1. The molecule has 0 aromatic carbocycles. The van der Waals surface area contributed by atoms with Crippen LogP contribution in [-0.2, 0) is 4.79 Å². The second-order valence-electron chi connectivity index (χ2n) is 5.81. The van der Waals surface area contributed by atoms with Crippen molar-refractivity contribution >= 4 is 5.91 Å². The molecule has 0 radical (unpaired) electrons. The molecule has 0 aromatic rings. The molecule has 1 aliphatic rings. The molecule has 0 aromatic heterocycles. The highest BCUT2D eigenvalue weighted by atomic mass is 16.2. The number of hydrogen-bond acceptors (Lipinski definition) is 3. The van der Waals surface area contributed by atoms with Crippen molar-refractivity contribution in [3.8, 4) is 0 Å². The molecule has 112 valence electrons. The molecule has 0 heterocycles. The molecule has 1 rings (SSSR count). The standard InChI is InChI=1S/C15H31N3O/c1-4-7-12(3)17-15(19)11-18(5-2)14-9-6-8-13(14)10-16/h12-14H,4-11,16H2,1-3H3,(H,17,19). The minimum atomic E-state index is 0.158. The number of nitrogens with one attached hydrogen (secondary N) is 1. The summed E-state index contributed by atoms with van der Waals surface area (Å²) in [7, 11) is 0. The van der Waals surface area contributed by atoms with E-state index >= 15 is 0 Å². The minimum Gasteiger partial charge on any atom is -0.353 e. The average molecular weight is 269 g/mol. The quantitative estimate of drug-likeness (QED) is 0.705. The number of hydrogen-bond donors (Lipinski definition) is 2. The molecule has 1 aliphatic carbocycles. The highest BCUT2D eigenvalue weighted by Crippen LogP contribution is 2.28. The minimum absolute atomic E-state index is 0.158. The fourth-order valence-electron chi connectivity index (χ4n) is 3.25. The molecule has 0 saturated heterocycles. The summed E-state index contributed by atoms with van der Waals surface area (Å²) in [6, 6.07) is 0.785. The number of carbonyl (C=O) groups excluding carboxylic acids is 1. The molecule has 4 nitrogen and oxygen atoms in total. The van der Waals surface area contributed by atoms with Crippen LogP contribution in [0.15, 0.2) is 0 Å². The van der Waals surface area contributed by atoms with E-state index < -0.39 is 0 Å². The van der Waals surface area contributed by atoms with Crippen molar-refractivity contribution in [1.82, 2.24) is 10.2 Å². The lowest BCUT2D eigenvalue weighted by molar-refractivity contribution is -0.123. The van der Waals surface area contributed by atoms with Crippen molar-refractivity contribution in [2.75, 3.05) is 19.6 Å². The Morgan fingerprint density at radius 2 is 2.16 bits per heavy atom. The summed E-state index contributed by atoms with van der Waals surface area (Å²) in [5.74, 6) is 0.728. The first-order valence-corrected chi connectivity index (χ1v) is 7.85. The van der Waals surface area contributed by atoms with Gasteiger partial charge in [-0.3, -0.25) is 9.69 Å². The summed E-state index contributed by atoms with van der Waals surface area (Å²) in [6.45, 7) is 8.55. The normalized spacial score (nSPS) is 24.7. The summed E-state index contributed by atoms with van der Waals surface area (Å²) in [6.07, 6.45) is 5.81. The summed E-state index contributed by atoms with van der Waals surface area (Å²) >= 11 is 0. The lowest BCUT2D eigenvalue weighted by atomic mass is 10.0. The Morgan fingerprint density at radius 3 is 2.74 bits per heavy atom. The van der Waals surface area contributed by atoms with Crippen molar-refractivity contribution in [1.29, 1.82) is 0 Å². The van der Waals surface area contributed by atoms with Crippen LogP contribution in [0, 0.1) is 5.92 Å². The summed E-state index contributed by atoms with van der Waals surface area (Å²) in [4.78, 5) is 14.4. The van der Waals surface area contributed by atoms with E-state index in [1.807, 2.05) is 0 Å². The van der Waals surface area contributed by atoms with Gasteiger partial charge < -0.3 is 11.1 Å². The molecular formula is C15H31N3O. The number of nitrogens with two attached hydrogens (primary N) is 1. The molecular weight excluding hydrogens is 238 g/mol. The van der Waals surface area contributed by atoms with Gasteiger partial charge in [-0.15, -0.1) is 0 Å². The van der Waals surface area contributed by atoms with Gasteiger partial charge in [0.1, 0.15) is 0 Å². The second kappa shape index (κ2) is 8.54. The largest absolute Gasteiger partial charge is 0.353 e. The summed E-state index contributed by atoms with van der Waals surface area (Å²) in [5.41, 5.74) is 5.84. The first kappa shape index (κ1) is 16.4. The van der Waals surface area contributed by atoms with E-state index in [1.165, 1.54) is 19.3 Å². The number of nitrogens with zero attached hydrogens (tertiary/aromatic N) is 1. The van der Waals surface area contributed by atoms with Crippen LogP contribution in [0.25, 0.3) is 0 Å². The van der Waals surface area contributed by atoms with Crippen molar-refractivity contribution in [2.24, 2.45) is 11.7 Å². The highest BCUT2D eigenvalue weighted by Gasteiger charge is 2.31. The third-order valence-corrected chi connectivity index (χ3v) is 4.27. The molecule has 1 saturated carbocycles. The Morgan fingerprint density at radius 1 is 1.42 bits per heavy atom. The van der Waals surface area contributed by atoms with Crippen molar-refractivity contribution < 1.29 is 4.79 Å². The van der Waals surface area contributed by atoms with Crippen LogP contribution in [0.5, 0.6) is 0 Å². The first-order chi connectivity index (χ1) is 9.12. The van der Waals surface area contributed by atoms with Crippen LogP contribution in [0.4, 0.5) is 0 Å². The van der Waals surface area contributed by atoms with Gasteiger partial charge in [0.05, 0.1) is 6.54 Å². The van der Waals surface area contributed by atoms with Crippen molar-refractivity contribution in [3.05, 3.63) is 0 Å². The summed E-state index contributed by atoms with van der Waals surface area (Å²) in [5, 5.41) is 3.09. The van der Waals surface area contributed by atoms with Gasteiger partial charge in [0, 0.05) is 12.1 Å². The van der Waals surface area contributed by atoms with Gasteiger partial charge in [0.25, 0.3) is 0 Å². The van der Waals surface area contributed by atoms with Gasteiger partial charge in [0.2, 0.25) is 5.91 Å². The molecule has 1 amide bonds. The Kier molecular flexibility index (Phi) is 7.39. The Bertz CT molecular complexity index is 270. The van der Waals surface area contributed by atoms with Crippen LogP contribution in [0.1, 0.15) is 52.9 Å². The Hall–Kier alpha value is -0.610. The predicted octanol–water partition coefficient (Wildman–Crippen LogP) is 1.74. The molecule has 3 atom stereocenters. The van der Waals surface area contributed by atoms with E-state index in [4.69, 9.17) is 5.73 Å². The lowest BCUT2D eigenvalue weighted by Crippen LogP contribution is -2.47. The third kappa shape index (κ3) is 5.11. The fourth-order valence-corrected chi connectivity index (χ4v) is 3.25. The molecule has 0 aliphatic heterocycles. The zero-order valence-corrected chi connectivity index (χ0v) is 12.8. The van der Waals surface area contributed by atoms with Crippen LogP contribution < -0.4 is 11.1 Å². The van der Waals surface area contributed by atoms with E-state index in [0.29, 0.717) is 18.5 Å². The van der Waals surface area contributed by atoms with Crippen LogP contribution in [0.3, 0.4) is 0 Å². The first-order valence-electron chi connectivity index (χ1n) is 7.85. The SMILES string of the molecule is CCCC(C)NC(=O)CN(CC)C1CCCC1CN. The van der Waals surface area contributed by atoms with Gasteiger partial charge in [-0.2, -0.15) is 0 Å². The molecule has 19 heavy (non-hydrogen) atoms. The van der Waals surface area contributed by atoms with Gasteiger partial charge in [0.15, 0.2) is 0 Å².